The van der Waals surface area contributed by atoms with Crippen LogP contribution < -0.4 is 0 Å². The molecule has 0 saturated carbocycles. The maximum Gasteiger partial charge on any atom is 0.346 e. The Balaban J connectivity index is 2.55. The van der Waals surface area contributed by atoms with E-state index in [1.807, 2.05) is 6.92 Å². The summed E-state index contributed by atoms with van der Waals surface area (Å²) in [5, 5.41) is 10.5. The van der Waals surface area contributed by atoms with Crippen LogP contribution >= 0.6 is 11.3 Å². The molecule has 0 radical (unpaired) electrons. The van der Waals surface area contributed by atoms with E-state index in [-0.39, 0.29) is 0 Å². The van der Waals surface area contributed by atoms with Crippen LogP contribution in [0.15, 0.2) is 11.4 Å². The molecule has 0 aliphatic rings. The minimum atomic E-state index is -0.870. The Morgan fingerprint density at radius 2 is 2.46 bits per heavy atom. The normalized spacial score (nSPS) is 10.2. The van der Waals surface area contributed by atoms with Crippen molar-refractivity contribution in [1.29, 1.82) is 0 Å². The molecule has 0 amide bonds. The van der Waals surface area contributed by atoms with E-state index < -0.39 is 5.97 Å². The van der Waals surface area contributed by atoms with Crippen LogP contribution in [-0.2, 0) is 11.3 Å². The SMILES string of the molecule is CCCOCc1ccsc1C(=O)O. The van der Waals surface area contributed by atoms with Crippen LogP contribution in [0.25, 0.3) is 0 Å². The van der Waals surface area contributed by atoms with Crippen molar-refractivity contribution in [3.8, 4) is 0 Å². The first kappa shape index (κ1) is 10.2. The molecule has 1 N–H and O–H groups in total. The Hall–Kier alpha value is -0.870. The molecule has 0 atom stereocenters. The van der Waals surface area contributed by atoms with E-state index in [0.29, 0.717) is 18.1 Å². The number of thiophene rings is 1. The molecule has 0 aliphatic heterocycles. The van der Waals surface area contributed by atoms with E-state index in [1.165, 1.54) is 11.3 Å². The van der Waals surface area contributed by atoms with Crippen LogP contribution in [0.4, 0.5) is 0 Å². The molecule has 0 spiro atoms. The molecule has 0 aromatic carbocycles. The number of hydrogen-bond donors (Lipinski definition) is 1. The molecule has 4 heteroatoms. The van der Waals surface area contributed by atoms with Crippen molar-refractivity contribution in [2.45, 2.75) is 20.0 Å². The Kier molecular flexibility index (Phi) is 3.92. The number of carbonyl (C=O) groups is 1. The second-order valence-electron chi connectivity index (χ2n) is 2.63. The van der Waals surface area contributed by atoms with Crippen LogP contribution in [0.5, 0.6) is 0 Å². The molecule has 72 valence electrons. The molecule has 13 heavy (non-hydrogen) atoms. The van der Waals surface area contributed by atoms with Gasteiger partial charge in [0.05, 0.1) is 6.61 Å². The highest BCUT2D eigenvalue weighted by Gasteiger charge is 2.10. The van der Waals surface area contributed by atoms with Crippen LogP contribution in [0, 0.1) is 0 Å². The second kappa shape index (κ2) is 4.99. The summed E-state index contributed by atoms with van der Waals surface area (Å²) < 4.78 is 5.26. The van der Waals surface area contributed by atoms with Crippen LogP contribution in [0.3, 0.4) is 0 Å². The highest BCUT2D eigenvalue weighted by molar-refractivity contribution is 7.12. The average Bonchev–Trinajstić information content (AvgIpc) is 2.53. The van der Waals surface area contributed by atoms with Crippen LogP contribution in [0.1, 0.15) is 28.6 Å². The van der Waals surface area contributed by atoms with Gasteiger partial charge in [-0.25, -0.2) is 4.79 Å². The van der Waals surface area contributed by atoms with E-state index in [4.69, 9.17) is 9.84 Å². The summed E-state index contributed by atoms with van der Waals surface area (Å²) in [5.74, 6) is -0.870. The van der Waals surface area contributed by atoms with Gasteiger partial charge in [-0.2, -0.15) is 0 Å². The van der Waals surface area contributed by atoms with E-state index in [1.54, 1.807) is 11.4 Å². The van der Waals surface area contributed by atoms with Gasteiger partial charge in [-0.3, -0.25) is 0 Å². The summed E-state index contributed by atoms with van der Waals surface area (Å²) in [5.41, 5.74) is 0.769. The molecule has 1 aromatic rings. The Morgan fingerprint density at radius 1 is 1.69 bits per heavy atom. The predicted molar refractivity (Wildman–Crippen MR) is 51.2 cm³/mol. The number of hydrogen-bond acceptors (Lipinski definition) is 3. The fraction of sp³-hybridized carbons (Fsp3) is 0.444. The second-order valence-corrected chi connectivity index (χ2v) is 3.55. The fourth-order valence-corrected chi connectivity index (χ4v) is 1.71. The van der Waals surface area contributed by atoms with Gasteiger partial charge in [0.15, 0.2) is 0 Å². The molecule has 0 saturated heterocycles. The highest BCUT2D eigenvalue weighted by Crippen LogP contribution is 2.17. The summed E-state index contributed by atoms with van der Waals surface area (Å²) in [6.45, 7) is 3.10. The molecule has 0 aliphatic carbocycles. The monoisotopic (exact) mass is 200 g/mol. The molecule has 1 rings (SSSR count). The summed E-state index contributed by atoms with van der Waals surface area (Å²) in [6, 6.07) is 1.80. The van der Waals surface area contributed by atoms with Gasteiger partial charge in [0, 0.05) is 12.2 Å². The Bertz CT molecular complexity index is 280. The Labute approximate surface area is 81.0 Å². The lowest BCUT2D eigenvalue weighted by atomic mass is 10.3. The van der Waals surface area contributed by atoms with Crippen molar-refractivity contribution in [3.63, 3.8) is 0 Å². The number of carboxylic acid groups (broad SMARTS) is 1. The third kappa shape index (κ3) is 2.82. The van der Waals surface area contributed by atoms with Crippen molar-refractivity contribution < 1.29 is 14.6 Å². The molecule has 1 aromatic heterocycles. The van der Waals surface area contributed by atoms with Crippen LogP contribution in [0.2, 0.25) is 0 Å². The first-order chi connectivity index (χ1) is 6.25. The van der Waals surface area contributed by atoms with Gasteiger partial charge in [0.1, 0.15) is 4.88 Å². The van der Waals surface area contributed by atoms with Gasteiger partial charge in [0.2, 0.25) is 0 Å². The quantitative estimate of drug-likeness (QED) is 0.742. The van der Waals surface area contributed by atoms with Crippen molar-refractivity contribution in [3.05, 3.63) is 21.9 Å². The van der Waals surface area contributed by atoms with Crippen molar-refractivity contribution in [2.75, 3.05) is 6.61 Å². The molecule has 1 heterocycles. The topological polar surface area (TPSA) is 46.5 Å². The largest absolute Gasteiger partial charge is 0.477 e. The zero-order valence-corrected chi connectivity index (χ0v) is 8.26. The lowest BCUT2D eigenvalue weighted by molar-refractivity contribution is 0.0693. The van der Waals surface area contributed by atoms with Crippen LogP contribution in [-0.4, -0.2) is 17.7 Å². The molecule has 0 fully saturated rings. The zero-order valence-electron chi connectivity index (χ0n) is 7.45. The van der Waals surface area contributed by atoms with Gasteiger partial charge in [0.25, 0.3) is 0 Å². The van der Waals surface area contributed by atoms with E-state index >= 15 is 0 Å². The van der Waals surface area contributed by atoms with Gasteiger partial charge in [-0.15, -0.1) is 11.3 Å². The van der Waals surface area contributed by atoms with Crippen molar-refractivity contribution in [1.82, 2.24) is 0 Å². The van der Waals surface area contributed by atoms with Gasteiger partial charge < -0.3 is 9.84 Å². The summed E-state index contributed by atoms with van der Waals surface area (Å²) in [6.07, 6.45) is 0.951. The lowest BCUT2D eigenvalue weighted by Gasteiger charge is -2.00. The fourth-order valence-electron chi connectivity index (χ4n) is 0.963. The minimum absolute atomic E-state index is 0.385. The standard InChI is InChI=1S/C9H12O3S/c1-2-4-12-6-7-3-5-13-8(7)9(10)11/h3,5H,2,4,6H2,1H3,(H,10,11). The zero-order chi connectivity index (χ0) is 9.68. The van der Waals surface area contributed by atoms with Gasteiger partial charge in [-0.1, -0.05) is 6.92 Å². The number of carboxylic acids is 1. The smallest absolute Gasteiger partial charge is 0.346 e. The van der Waals surface area contributed by atoms with Gasteiger partial charge in [-0.05, 0) is 17.9 Å². The molecule has 3 nitrogen and oxygen atoms in total. The molecular formula is C9H12O3S. The highest BCUT2D eigenvalue weighted by atomic mass is 32.1. The maximum atomic E-state index is 10.7. The van der Waals surface area contributed by atoms with Gasteiger partial charge >= 0.3 is 5.97 Å². The minimum Gasteiger partial charge on any atom is -0.477 e. The molecular weight excluding hydrogens is 188 g/mol. The Morgan fingerprint density at radius 3 is 3.08 bits per heavy atom. The first-order valence-electron chi connectivity index (χ1n) is 4.13. The third-order valence-corrected chi connectivity index (χ3v) is 2.49. The summed E-state index contributed by atoms with van der Waals surface area (Å²) in [4.78, 5) is 11.1. The molecule has 0 unspecified atom stereocenters. The first-order valence-corrected chi connectivity index (χ1v) is 5.01. The summed E-state index contributed by atoms with van der Waals surface area (Å²) in [7, 11) is 0. The summed E-state index contributed by atoms with van der Waals surface area (Å²) >= 11 is 1.24. The number of aromatic carboxylic acids is 1. The number of ether oxygens (including phenoxy) is 1. The average molecular weight is 200 g/mol. The number of rotatable bonds is 5. The van der Waals surface area contributed by atoms with E-state index in [2.05, 4.69) is 0 Å². The van der Waals surface area contributed by atoms with Crippen molar-refractivity contribution in [2.24, 2.45) is 0 Å². The van der Waals surface area contributed by atoms with Crippen molar-refractivity contribution >= 4 is 17.3 Å². The predicted octanol–water partition coefficient (Wildman–Crippen LogP) is 2.37. The lowest BCUT2D eigenvalue weighted by Crippen LogP contribution is -2.00. The third-order valence-electron chi connectivity index (χ3n) is 1.55. The van der Waals surface area contributed by atoms with E-state index in [0.717, 1.165) is 12.0 Å². The maximum absolute atomic E-state index is 10.7. The molecule has 0 bridgehead atoms. The van der Waals surface area contributed by atoms with E-state index in [9.17, 15) is 4.79 Å².